The van der Waals surface area contributed by atoms with Crippen LogP contribution in [-0.2, 0) is 10.0 Å². The van der Waals surface area contributed by atoms with Gasteiger partial charge >= 0.3 is 0 Å². The summed E-state index contributed by atoms with van der Waals surface area (Å²) in [4.78, 5) is 0.343. The van der Waals surface area contributed by atoms with Crippen LogP contribution in [0, 0.1) is 0 Å². The normalized spacial score (nSPS) is 20.7. The molecule has 0 heterocycles. The van der Waals surface area contributed by atoms with Crippen molar-refractivity contribution in [1.29, 1.82) is 0 Å². The molecule has 0 aliphatic heterocycles. The number of hydrogen-bond acceptors (Lipinski definition) is 2. The first kappa shape index (κ1) is 21.8. The summed E-state index contributed by atoms with van der Waals surface area (Å²) >= 11 is 14.0. The van der Waals surface area contributed by atoms with Crippen molar-refractivity contribution in [1.82, 2.24) is 4.31 Å². The van der Waals surface area contributed by atoms with E-state index in [9.17, 15) is 8.42 Å². The first-order chi connectivity index (χ1) is 12.3. The van der Waals surface area contributed by atoms with E-state index >= 15 is 0 Å². The van der Waals surface area contributed by atoms with Crippen molar-refractivity contribution in [3.05, 3.63) is 24.0 Å². The Bertz CT molecular complexity index is 739. The molecule has 0 amide bonds. The van der Waals surface area contributed by atoms with Crippen LogP contribution in [0.5, 0.6) is 0 Å². The minimum absolute atomic E-state index is 0.130. The zero-order chi connectivity index (χ0) is 18.9. The highest BCUT2D eigenvalue weighted by molar-refractivity contribution is 9.15. The Morgan fingerprint density at radius 3 is 1.65 bits per heavy atom. The van der Waals surface area contributed by atoms with Gasteiger partial charge in [-0.05, 0) is 95.5 Å². The Morgan fingerprint density at radius 2 is 1.19 bits per heavy atom. The van der Waals surface area contributed by atoms with Gasteiger partial charge in [0.15, 0.2) is 0 Å². The van der Waals surface area contributed by atoms with E-state index in [1.54, 1.807) is 6.07 Å². The predicted molar refractivity (Wildman–Crippen MR) is 120 cm³/mol. The van der Waals surface area contributed by atoms with Crippen LogP contribution in [0.15, 0.2) is 28.9 Å². The Kier molecular flexibility index (Phi) is 7.73. The summed E-state index contributed by atoms with van der Waals surface area (Å²) in [5.74, 6) is 0. The molecule has 0 unspecified atom stereocenters. The molecular weight excluding hydrogens is 614 g/mol. The van der Waals surface area contributed by atoms with Crippen molar-refractivity contribution in [2.75, 3.05) is 0 Å². The molecule has 1 aromatic rings. The molecule has 146 valence electrons. The Labute approximate surface area is 190 Å². The summed E-state index contributed by atoms with van der Waals surface area (Å²) in [6.45, 7) is 0. The monoisotopic (exact) mass is 633 g/mol. The van der Waals surface area contributed by atoms with Crippen molar-refractivity contribution in [3.63, 3.8) is 0 Å². The van der Waals surface area contributed by atoms with Gasteiger partial charge in [0.2, 0.25) is 10.0 Å². The Hall–Kier alpha value is 1.05. The lowest BCUT2D eigenvalue weighted by Gasteiger charge is -2.40. The molecule has 0 bridgehead atoms. The first-order valence-electron chi connectivity index (χ1n) is 9.20. The molecular formula is C18H23Br4NO2S. The molecule has 2 saturated carbocycles. The van der Waals surface area contributed by atoms with Crippen LogP contribution < -0.4 is 0 Å². The van der Waals surface area contributed by atoms with Gasteiger partial charge < -0.3 is 0 Å². The van der Waals surface area contributed by atoms with E-state index in [-0.39, 0.29) is 12.1 Å². The minimum atomic E-state index is -3.59. The number of halogens is 4. The van der Waals surface area contributed by atoms with Crippen LogP contribution in [0.1, 0.15) is 64.2 Å². The van der Waals surface area contributed by atoms with Gasteiger partial charge in [0.05, 0.1) is 9.37 Å². The smallest absolute Gasteiger partial charge is 0.207 e. The maximum atomic E-state index is 13.8. The zero-order valence-corrected chi connectivity index (χ0v) is 21.6. The van der Waals surface area contributed by atoms with Crippen LogP contribution in [0.25, 0.3) is 0 Å². The molecule has 3 rings (SSSR count). The largest absolute Gasteiger partial charge is 0.244 e. The number of rotatable bonds is 4. The molecule has 3 nitrogen and oxygen atoms in total. The fraction of sp³-hybridized carbons (Fsp3) is 0.667. The highest BCUT2D eigenvalue weighted by Crippen LogP contribution is 2.43. The fourth-order valence-electron chi connectivity index (χ4n) is 4.21. The van der Waals surface area contributed by atoms with Crippen LogP contribution in [0.2, 0.25) is 0 Å². The van der Waals surface area contributed by atoms with Gasteiger partial charge in [-0.15, -0.1) is 0 Å². The molecule has 0 atom stereocenters. The maximum absolute atomic E-state index is 13.8. The fourth-order valence-corrected chi connectivity index (χ4v) is 9.15. The summed E-state index contributed by atoms with van der Waals surface area (Å²) in [6, 6.07) is 1.97. The lowest BCUT2D eigenvalue weighted by Crippen LogP contribution is -2.48. The van der Waals surface area contributed by atoms with Crippen LogP contribution in [-0.4, -0.2) is 24.8 Å². The van der Waals surface area contributed by atoms with Gasteiger partial charge in [-0.2, -0.15) is 4.31 Å². The third-order valence-corrected chi connectivity index (χ3v) is 12.4. The Morgan fingerprint density at radius 1 is 0.731 bits per heavy atom. The molecule has 2 aliphatic rings. The van der Waals surface area contributed by atoms with E-state index in [1.807, 2.05) is 4.31 Å². The highest BCUT2D eigenvalue weighted by atomic mass is 79.9. The molecule has 2 aliphatic carbocycles. The van der Waals surface area contributed by atoms with Crippen molar-refractivity contribution in [2.24, 2.45) is 0 Å². The van der Waals surface area contributed by atoms with Gasteiger partial charge in [0.1, 0.15) is 0 Å². The average molecular weight is 637 g/mol. The number of benzene rings is 1. The third-order valence-electron chi connectivity index (χ3n) is 5.49. The summed E-state index contributed by atoms with van der Waals surface area (Å²) in [5, 5.41) is 0. The van der Waals surface area contributed by atoms with E-state index in [1.165, 1.54) is 12.8 Å². The van der Waals surface area contributed by atoms with E-state index in [0.29, 0.717) is 9.37 Å². The predicted octanol–water partition coefficient (Wildman–Crippen LogP) is 7.39. The van der Waals surface area contributed by atoms with Crippen LogP contribution in [0.3, 0.4) is 0 Å². The molecule has 1 aromatic carbocycles. The SMILES string of the molecule is O=S(=O)(c1cc(Br)c(Br)c(Br)c1Br)N(C1CCCCC1)C1CCCCC1. The Balaban J connectivity index is 2.07. The topological polar surface area (TPSA) is 37.4 Å². The molecule has 2 fully saturated rings. The molecule has 0 radical (unpaired) electrons. The van der Waals surface area contributed by atoms with E-state index < -0.39 is 10.0 Å². The van der Waals surface area contributed by atoms with Crippen molar-refractivity contribution in [2.45, 2.75) is 81.2 Å². The number of sulfonamides is 1. The standard InChI is InChI=1S/C18H23Br4NO2S/c19-14-11-15(17(21)18(22)16(14)20)26(24,25)23(12-7-3-1-4-8-12)13-9-5-2-6-10-13/h11-13H,1-10H2. The van der Waals surface area contributed by atoms with Gasteiger partial charge in [0.25, 0.3) is 0 Å². The van der Waals surface area contributed by atoms with Gasteiger partial charge in [-0.1, -0.05) is 38.5 Å². The molecule has 0 aromatic heterocycles. The molecule has 0 N–H and O–H groups in total. The van der Waals surface area contributed by atoms with Crippen LogP contribution >= 0.6 is 63.7 Å². The summed E-state index contributed by atoms with van der Waals surface area (Å²) < 4.78 is 32.4. The van der Waals surface area contributed by atoms with Crippen molar-refractivity contribution >= 4 is 73.7 Å². The number of nitrogens with zero attached hydrogens (tertiary/aromatic N) is 1. The zero-order valence-electron chi connectivity index (χ0n) is 14.5. The van der Waals surface area contributed by atoms with E-state index in [2.05, 4.69) is 63.7 Å². The van der Waals surface area contributed by atoms with Gasteiger partial charge in [-0.25, -0.2) is 8.42 Å². The van der Waals surface area contributed by atoms with Crippen molar-refractivity contribution < 1.29 is 8.42 Å². The van der Waals surface area contributed by atoms with E-state index in [4.69, 9.17) is 0 Å². The summed E-state index contributed by atoms with van der Waals surface area (Å²) in [7, 11) is -3.59. The summed E-state index contributed by atoms with van der Waals surface area (Å²) in [6.07, 6.45) is 10.8. The molecule has 0 saturated heterocycles. The molecule has 0 spiro atoms. The third kappa shape index (κ3) is 4.45. The summed E-state index contributed by atoms with van der Waals surface area (Å²) in [5.41, 5.74) is 0. The maximum Gasteiger partial charge on any atom is 0.244 e. The second kappa shape index (κ2) is 9.24. The second-order valence-electron chi connectivity index (χ2n) is 7.22. The second-order valence-corrected chi connectivity index (χ2v) is 12.3. The van der Waals surface area contributed by atoms with Gasteiger partial charge in [-0.3, -0.25) is 0 Å². The van der Waals surface area contributed by atoms with Crippen LogP contribution in [0.4, 0.5) is 0 Å². The first-order valence-corrected chi connectivity index (χ1v) is 13.8. The quantitative estimate of drug-likeness (QED) is 0.255. The van der Waals surface area contributed by atoms with Crippen molar-refractivity contribution in [3.8, 4) is 0 Å². The lowest BCUT2D eigenvalue weighted by molar-refractivity contribution is 0.169. The highest BCUT2D eigenvalue weighted by Gasteiger charge is 2.39. The van der Waals surface area contributed by atoms with E-state index in [0.717, 1.165) is 64.8 Å². The molecule has 26 heavy (non-hydrogen) atoms. The average Bonchev–Trinajstić information content (AvgIpc) is 2.64. The molecule has 8 heteroatoms. The number of hydrogen-bond donors (Lipinski definition) is 0. The minimum Gasteiger partial charge on any atom is -0.207 e. The lowest BCUT2D eigenvalue weighted by atomic mass is 9.91. The van der Waals surface area contributed by atoms with Gasteiger partial charge in [0, 0.05) is 25.5 Å².